The second-order valence-electron chi connectivity index (χ2n) is 8.09. The number of rotatable bonds is 8. The second kappa shape index (κ2) is 10.7. The average molecular weight is 498 g/mol. The number of fused-ring (bicyclic) bond motifs is 1. The van der Waals surface area contributed by atoms with Crippen molar-refractivity contribution in [1.29, 1.82) is 0 Å². The van der Waals surface area contributed by atoms with Gasteiger partial charge in [-0.25, -0.2) is 13.6 Å². The molecule has 1 heterocycles. The summed E-state index contributed by atoms with van der Waals surface area (Å²) in [5.74, 6) is -1.09. The summed E-state index contributed by atoms with van der Waals surface area (Å²) >= 11 is 6.17. The van der Waals surface area contributed by atoms with Crippen molar-refractivity contribution in [3.63, 3.8) is 0 Å². The highest BCUT2D eigenvalue weighted by molar-refractivity contribution is 6.31. The molecule has 1 N–H and O–H groups in total. The van der Waals surface area contributed by atoms with E-state index in [-0.39, 0.29) is 49.2 Å². The summed E-state index contributed by atoms with van der Waals surface area (Å²) in [6, 6.07) is 16.5. The molecular formula is C26H22ClF2N3O3. The van der Waals surface area contributed by atoms with Gasteiger partial charge in [-0.1, -0.05) is 41.9 Å². The van der Waals surface area contributed by atoms with Gasteiger partial charge in [0.2, 0.25) is 5.91 Å². The number of nitrogens with zero attached hydrogens (tertiary/aromatic N) is 2. The Kier molecular flexibility index (Phi) is 7.41. The summed E-state index contributed by atoms with van der Waals surface area (Å²) < 4.78 is 29.0. The molecule has 180 valence electrons. The number of hydrogen-bond acceptors (Lipinski definition) is 3. The van der Waals surface area contributed by atoms with Gasteiger partial charge in [0.15, 0.2) is 0 Å². The molecule has 0 aliphatic carbocycles. The van der Waals surface area contributed by atoms with Crippen molar-refractivity contribution in [2.45, 2.75) is 32.5 Å². The molecule has 0 saturated heterocycles. The third-order valence-corrected chi connectivity index (χ3v) is 6.02. The maximum absolute atomic E-state index is 13.5. The quantitative estimate of drug-likeness (QED) is 0.396. The van der Waals surface area contributed by atoms with Crippen molar-refractivity contribution in [3.8, 4) is 0 Å². The number of hydrogen-bond donors (Lipinski definition) is 1. The minimum absolute atomic E-state index is 0.0453. The maximum Gasteiger partial charge on any atom is 0.331 e. The van der Waals surface area contributed by atoms with Gasteiger partial charge >= 0.3 is 5.69 Å². The molecule has 0 saturated carbocycles. The third kappa shape index (κ3) is 5.66. The van der Waals surface area contributed by atoms with Crippen LogP contribution in [0, 0.1) is 11.6 Å². The molecule has 0 atom stereocenters. The summed E-state index contributed by atoms with van der Waals surface area (Å²) in [5, 5.41) is 3.27. The Labute approximate surface area is 204 Å². The van der Waals surface area contributed by atoms with E-state index in [1.165, 1.54) is 34.9 Å². The number of benzene rings is 3. The van der Waals surface area contributed by atoms with Crippen molar-refractivity contribution in [3.05, 3.63) is 115 Å². The highest BCUT2D eigenvalue weighted by Crippen LogP contribution is 2.19. The summed E-state index contributed by atoms with van der Waals surface area (Å²) in [4.78, 5) is 38.5. The molecule has 0 aliphatic rings. The molecule has 0 fully saturated rings. The highest BCUT2D eigenvalue weighted by atomic mass is 35.5. The maximum atomic E-state index is 13.5. The topological polar surface area (TPSA) is 73.1 Å². The Balaban J connectivity index is 1.52. The lowest BCUT2D eigenvalue weighted by Gasteiger charge is -2.15. The predicted molar refractivity (Wildman–Crippen MR) is 130 cm³/mol. The van der Waals surface area contributed by atoms with Crippen LogP contribution in [0.5, 0.6) is 0 Å². The largest absolute Gasteiger partial charge is 0.352 e. The zero-order valence-corrected chi connectivity index (χ0v) is 19.4. The van der Waals surface area contributed by atoms with E-state index in [4.69, 9.17) is 11.6 Å². The molecule has 1 amide bonds. The molecule has 0 spiro atoms. The fourth-order valence-corrected chi connectivity index (χ4v) is 4.06. The van der Waals surface area contributed by atoms with E-state index < -0.39 is 17.1 Å². The Morgan fingerprint density at radius 2 is 1.63 bits per heavy atom. The lowest BCUT2D eigenvalue weighted by molar-refractivity contribution is -0.121. The fourth-order valence-electron chi connectivity index (χ4n) is 3.83. The number of carbonyl (C=O) groups is 1. The smallest absolute Gasteiger partial charge is 0.331 e. The molecule has 0 bridgehead atoms. The van der Waals surface area contributed by atoms with E-state index in [0.29, 0.717) is 16.5 Å². The van der Waals surface area contributed by atoms with Gasteiger partial charge in [-0.15, -0.1) is 0 Å². The zero-order valence-electron chi connectivity index (χ0n) is 18.6. The lowest BCUT2D eigenvalue weighted by Crippen LogP contribution is -2.40. The third-order valence-electron chi connectivity index (χ3n) is 5.66. The zero-order chi connectivity index (χ0) is 24.9. The monoisotopic (exact) mass is 497 g/mol. The highest BCUT2D eigenvalue weighted by Gasteiger charge is 2.15. The van der Waals surface area contributed by atoms with E-state index in [2.05, 4.69) is 5.32 Å². The molecule has 0 radical (unpaired) electrons. The summed E-state index contributed by atoms with van der Waals surface area (Å²) in [6.45, 7) is 0.348. The standard InChI is InChI=1S/C26H22ClF2N3O3/c27-22-14-20(29)12-9-18(22)16-32-23-5-2-1-4-21(23)25(34)31(26(32)35)13-3-6-24(33)30-15-17-7-10-19(28)11-8-17/h1-2,4-5,7-12,14H,3,6,13,15-16H2,(H,30,33). The van der Waals surface area contributed by atoms with Crippen LogP contribution in [-0.2, 0) is 24.4 Å². The van der Waals surface area contributed by atoms with Crippen molar-refractivity contribution in [2.75, 3.05) is 0 Å². The van der Waals surface area contributed by atoms with Crippen LogP contribution in [0.3, 0.4) is 0 Å². The summed E-state index contributed by atoms with van der Waals surface area (Å²) in [5.41, 5.74) is 0.745. The van der Waals surface area contributed by atoms with Crippen molar-refractivity contribution in [1.82, 2.24) is 14.5 Å². The van der Waals surface area contributed by atoms with E-state index in [0.717, 1.165) is 10.1 Å². The van der Waals surface area contributed by atoms with Gasteiger partial charge in [0, 0.05) is 24.5 Å². The fraction of sp³-hybridized carbons (Fsp3) is 0.192. The van der Waals surface area contributed by atoms with Gasteiger partial charge in [0.1, 0.15) is 11.6 Å². The average Bonchev–Trinajstić information content (AvgIpc) is 2.84. The first kappa shape index (κ1) is 24.3. The van der Waals surface area contributed by atoms with Crippen molar-refractivity contribution >= 4 is 28.4 Å². The first-order valence-electron chi connectivity index (χ1n) is 11.0. The normalized spacial score (nSPS) is 11.1. The van der Waals surface area contributed by atoms with E-state index in [9.17, 15) is 23.2 Å². The first-order valence-corrected chi connectivity index (χ1v) is 11.4. The second-order valence-corrected chi connectivity index (χ2v) is 8.49. The number of halogens is 3. The number of amides is 1. The molecule has 0 aliphatic heterocycles. The van der Waals surface area contributed by atoms with Crippen LogP contribution in [0.25, 0.3) is 10.9 Å². The van der Waals surface area contributed by atoms with Gasteiger partial charge in [-0.2, -0.15) is 0 Å². The molecule has 6 nitrogen and oxygen atoms in total. The van der Waals surface area contributed by atoms with Crippen LogP contribution in [0.15, 0.2) is 76.3 Å². The van der Waals surface area contributed by atoms with Crippen LogP contribution in [0.4, 0.5) is 8.78 Å². The molecule has 3 aromatic carbocycles. The van der Waals surface area contributed by atoms with Crippen LogP contribution in [0.1, 0.15) is 24.0 Å². The Hall–Kier alpha value is -3.78. The Morgan fingerprint density at radius 3 is 2.37 bits per heavy atom. The van der Waals surface area contributed by atoms with Crippen LogP contribution < -0.4 is 16.6 Å². The number of carbonyl (C=O) groups excluding carboxylic acids is 1. The Bertz CT molecular complexity index is 1500. The number of para-hydroxylation sites is 1. The summed E-state index contributed by atoms with van der Waals surface area (Å²) in [6.07, 6.45) is 0.365. The molecule has 35 heavy (non-hydrogen) atoms. The van der Waals surface area contributed by atoms with Crippen LogP contribution in [-0.4, -0.2) is 15.0 Å². The van der Waals surface area contributed by atoms with Crippen LogP contribution in [0.2, 0.25) is 5.02 Å². The molecule has 4 rings (SSSR count). The SMILES string of the molecule is O=C(CCCn1c(=O)c2ccccc2n(Cc2ccc(F)cc2Cl)c1=O)NCc1ccc(F)cc1. The number of aromatic nitrogens is 2. The molecule has 9 heteroatoms. The van der Waals surface area contributed by atoms with Gasteiger partial charge < -0.3 is 5.32 Å². The molecule has 0 unspecified atom stereocenters. The van der Waals surface area contributed by atoms with E-state index >= 15 is 0 Å². The Morgan fingerprint density at radius 1 is 0.914 bits per heavy atom. The molecule has 1 aromatic heterocycles. The van der Waals surface area contributed by atoms with Crippen molar-refractivity contribution < 1.29 is 13.6 Å². The molecule has 4 aromatic rings. The van der Waals surface area contributed by atoms with Gasteiger partial charge in [0.05, 0.1) is 17.4 Å². The van der Waals surface area contributed by atoms with Gasteiger partial charge in [0.25, 0.3) is 5.56 Å². The van der Waals surface area contributed by atoms with Gasteiger partial charge in [-0.05, 0) is 53.9 Å². The van der Waals surface area contributed by atoms with E-state index in [1.54, 1.807) is 36.4 Å². The summed E-state index contributed by atoms with van der Waals surface area (Å²) in [7, 11) is 0. The predicted octanol–water partition coefficient (Wildman–Crippen LogP) is 4.24. The number of nitrogens with one attached hydrogen (secondary N) is 1. The molecular weight excluding hydrogens is 476 g/mol. The van der Waals surface area contributed by atoms with Crippen LogP contribution >= 0.6 is 11.6 Å². The van der Waals surface area contributed by atoms with Crippen molar-refractivity contribution in [2.24, 2.45) is 0 Å². The van der Waals surface area contributed by atoms with E-state index in [1.807, 2.05) is 0 Å². The first-order chi connectivity index (χ1) is 16.8. The lowest BCUT2D eigenvalue weighted by atomic mass is 10.2. The van der Waals surface area contributed by atoms with Gasteiger partial charge in [-0.3, -0.25) is 18.7 Å². The minimum Gasteiger partial charge on any atom is -0.352 e. The minimum atomic E-state index is -0.541.